The summed E-state index contributed by atoms with van der Waals surface area (Å²) >= 11 is 0. The molecule has 1 N–H and O–H groups in total. The number of hydrogen-bond acceptors (Lipinski definition) is 3. The van der Waals surface area contributed by atoms with Crippen LogP contribution in [0.4, 0.5) is 0 Å². The Morgan fingerprint density at radius 1 is 1.78 bits per heavy atom. The van der Waals surface area contributed by atoms with Gasteiger partial charge in [0.05, 0.1) is 6.61 Å². The van der Waals surface area contributed by atoms with Crippen LogP contribution in [-0.4, -0.2) is 35.6 Å². The maximum atomic E-state index is 9.34. The van der Waals surface area contributed by atoms with E-state index < -0.39 is 5.91 Å². The Labute approximate surface area is 55.2 Å². The first kappa shape index (κ1) is 6.99. The lowest BCUT2D eigenvalue weighted by atomic mass is 10.3. The molecule has 2 atom stereocenters. The minimum absolute atomic E-state index is 0.319. The molecule has 3 nitrogen and oxygen atoms in total. The predicted molar refractivity (Wildman–Crippen MR) is 33.8 cm³/mol. The average Bonchev–Trinajstić information content (AvgIpc) is 1.97. The molecule has 1 aliphatic rings. The normalized spacial score (nSPS) is 46.0. The molecular weight excluding hydrogens is 118 g/mol. The van der Waals surface area contributed by atoms with Crippen molar-refractivity contribution in [1.82, 2.24) is 4.90 Å². The zero-order valence-corrected chi connectivity index (χ0v) is 6.09. The molecule has 0 aromatic heterocycles. The number of rotatable bonds is 0. The van der Waals surface area contributed by atoms with Gasteiger partial charge in [-0.2, -0.15) is 0 Å². The Morgan fingerprint density at radius 3 is 2.44 bits per heavy atom. The fraction of sp³-hybridized carbons (Fsp3) is 1.00. The lowest BCUT2D eigenvalue weighted by Gasteiger charge is -2.25. The van der Waals surface area contributed by atoms with Gasteiger partial charge in [0.15, 0.2) is 0 Å². The van der Waals surface area contributed by atoms with Crippen molar-refractivity contribution in [2.75, 3.05) is 13.7 Å². The van der Waals surface area contributed by atoms with Crippen LogP contribution in [0.25, 0.3) is 0 Å². The first-order valence-corrected chi connectivity index (χ1v) is 3.13. The van der Waals surface area contributed by atoms with E-state index in [2.05, 4.69) is 0 Å². The van der Waals surface area contributed by atoms with Crippen molar-refractivity contribution in [3.63, 3.8) is 0 Å². The monoisotopic (exact) mass is 131 g/mol. The topological polar surface area (TPSA) is 32.7 Å². The van der Waals surface area contributed by atoms with Gasteiger partial charge in [-0.25, -0.2) is 0 Å². The van der Waals surface area contributed by atoms with Crippen molar-refractivity contribution in [1.29, 1.82) is 0 Å². The molecule has 0 saturated carbocycles. The molecule has 0 aliphatic carbocycles. The Kier molecular flexibility index (Phi) is 1.50. The van der Waals surface area contributed by atoms with Crippen LogP contribution in [0.2, 0.25) is 0 Å². The van der Waals surface area contributed by atoms with Crippen LogP contribution in [0.1, 0.15) is 13.8 Å². The summed E-state index contributed by atoms with van der Waals surface area (Å²) < 4.78 is 5.05. The maximum absolute atomic E-state index is 9.34. The van der Waals surface area contributed by atoms with E-state index in [0.717, 1.165) is 0 Å². The van der Waals surface area contributed by atoms with E-state index in [1.165, 1.54) is 0 Å². The minimum atomic E-state index is -1.04. The molecular formula is C6H13NO2. The molecule has 1 aliphatic heterocycles. The van der Waals surface area contributed by atoms with Crippen molar-refractivity contribution in [3.8, 4) is 0 Å². The summed E-state index contributed by atoms with van der Waals surface area (Å²) in [5.41, 5.74) is 0. The number of aliphatic hydroxyl groups is 1. The highest BCUT2D eigenvalue weighted by molar-refractivity contribution is 4.75. The largest absolute Gasteiger partial charge is 0.353 e. The summed E-state index contributed by atoms with van der Waals surface area (Å²) in [6.07, 6.45) is 0. The van der Waals surface area contributed by atoms with Gasteiger partial charge < -0.3 is 9.84 Å². The Bertz CT molecular complexity index is 114. The molecule has 9 heavy (non-hydrogen) atoms. The van der Waals surface area contributed by atoms with E-state index >= 15 is 0 Å². The van der Waals surface area contributed by atoms with Crippen molar-refractivity contribution in [3.05, 3.63) is 0 Å². The summed E-state index contributed by atoms with van der Waals surface area (Å²) in [5.74, 6) is -1.04. The van der Waals surface area contributed by atoms with E-state index in [9.17, 15) is 5.11 Å². The van der Waals surface area contributed by atoms with Gasteiger partial charge >= 0.3 is 0 Å². The average molecular weight is 131 g/mol. The summed E-state index contributed by atoms with van der Waals surface area (Å²) in [6.45, 7) is 4.28. The molecule has 1 saturated heterocycles. The number of likely N-dealkylation sites (N-methyl/N-ethyl adjacent to an activating group) is 1. The van der Waals surface area contributed by atoms with E-state index in [-0.39, 0.29) is 0 Å². The van der Waals surface area contributed by atoms with Crippen LogP contribution < -0.4 is 0 Å². The number of ether oxygens (including phenoxy) is 1. The Hall–Kier alpha value is -0.120. The first-order valence-electron chi connectivity index (χ1n) is 3.13. The molecule has 0 radical (unpaired) electrons. The zero-order chi connectivity index (χ0) is 7.07. The molecule has 1 fully saturated rings. The second-order valence-corrected chi connectivity index (χ2v) is 2.70. The third-order valence-electron chi connectivity index (χ3n) is 1.91. The second kappa shape index (κ2) is 1.94. The molecule has 54 valence electrons. The minimum Gasteiger partial charge on any atom is -0.353 e. The lowest BCUT2D eigenvalue weighted by Crippen LogP contribution is -2.41. The van der Waals surface area contributed by atoms with Crippen LogP contribution in [0, 0.1) is 0 Å². The molecule has 0 aromatic carbocycles. The third-order valence-corrected chi connectivity index (χ3v) is 1.91. The SMILES string of the molecule is CC1COC(C)(O)N1C. The Morgan fingerprint density at radius 2 is 2.33 bits per heavy atom. The van der Waals surface area contributed by atoms with E-state index in [1.54, 1.807) is 11.8 Å². The third kappa shape index (κ3) is 1.08. The quantitative estimate of drug-likeness (QED) is 0.502. The van der Waals surface area contributed by atoms with Gasteiger partial charge in [-0.1, -0.05) is 0 Å². The lowest BCUT2D eigenvalue weighted by molar-refractivity contribution is -0.225. The van der Waals surface area contributed by atoms with Gasteiger partial charge in [0, 0.05) is 13.0 Å². The van der Waals surface area contributed by atoms with Gasteiger partial charge in [0.2, 0.25) is 5.91 Å². The standard InChI is InChI=1S/C6H13NO2/c1-5-4-9-6(2,8)7(5)3/h5,8H,4H2,1-3H3. The Balaban J connectivity index is 2.62. The first-order chi connectivity index (χ1) is 4.04. The molecule has 1 rings (SSSR count). The van der Waals surface area contributed by atoms with E-state index in [4.69, 9.17) is 4.74 Å². The molecule has 1 heterocycles. The smallest absolute Gasteiger partial charge is 0.224 e. The maximum Gasteiger partial charge on any atom is 0.224 e. The van der Waals surface area contributed by atoms with Gasteiger partial charge in [0.25, 0.3) is 0 Å². The van der Waals surface area contributed by atoms with Crippen molar-refractivity contribution < 1.29 is 9.84 Å². The number of hydrogen-bond donors (Lipinski definition) is 1. The highest BCUT2D eigenvalue weighted by Gasteiger charge is 2.37. The second-order valence-electron chi connectivity index (χ2n) is 2.70. The molecule has 0 amide bonds. The summed E-state index contributed by atoms with van der Waals surface area (Å²) in [4.78, 5) is 1.80. The summed E-state index contributed by atoms with van der Waals surface area (Å²) in [6, 6.07) is 0.319. The van der Waals surface area contributed by atoms with E-state index in [0.29, 0.717) is 12.6 Å². The summed E-state index contributed by atoms with van der Waals surface area (Å²) in [7, 11) is 1.84. The zero-order valence-electron chi connectivity index (χ0n) is 6.09. The van der Waals surface area contributed by atoms with Gasteiger partial charge in [-0.15, -0.1) is 0 Å². The molecule has 0 spiro atoms. The van der Waals surface area contributed by atoms with Crippen molar-refractivity contribution in [2.24, 2.45) is 0 Å². The summed E-state index contributed by atoms with van der Waals surface area (Å²) in [5, 5.41) is 9.34. The molecule has 2 unspecified atom stereocenters. The van der Waals surface area contributed by atoms with Crippen LogP contribution in [-0.2, 0) is 4.74 Å². The predicted octanol–water partition coefficient (Wildman–Crippen LogP) is 0.00290. The van der Waals surface area contributed by atoms with Gasteiger partial charge in [0.1, 0.15) is 0 Å². The highest BCUT2D eigenvalue weighted by Crippen LogP contribution is 2.21. The van der Waals surface area contributed by atoms with Crippen LogP contribution >= 0.6 is 0 Å². The van der Waals surface area contributed by atoms with E-state index in [1.807, 2.05) is 14.0 Å². The molecule has 0 bridgehead atoms. The molecule has 0 aromatic rings. The van der Waals surface area contributed by atoms with Crippen LogP contribution in [0.15, 0.2) is 0 Å². The van der Waals surface area contributed by atoms with Gasteiger partial charge in [-0.05, 0) is 14.0 Å². The van der Waals surface area contributed by atoms with Crippen molar-refractivity contribution >= 4 is 0 Å². The van der Waals surface area contributed by atoms with Crippen molar-refractivity contribution in [2.45, 2.75) is 25.8 Å². The fourth-order valence-corrected chi connectivity index (χ4v) is 0.901. The fourth-order valence-electron chi connectivity index (χ4n) is 0.901. The highest BCUT2D eigenvalue weighted by atomic mass is 16.7. The molecule has 3 heteroatoms. The van der Waals surface area contributed by atoms with Gasteiger partial charge in [-0.3, -0.25) is 4.90 Å². The number of nitrogens with zero attached hydrogens (tertiary/aromatic N) is 1. The van der Waals surface area contributed by atoms with Crippen LogP contribution in [0.5, 0.6) is 0 Å². The van der Waals surface area contributed by atoms with Crippen LogP contribution in [0.3, 0.4) is 0 Å².